The third-order valence-electron chi connectivity index (χ3n) is 4.10. The SMILES string of the molecule is CCN1CCCC1CN(C)S(=O)(=O)c1ccc(NN)cc1. The van der Waals surface area contributed by atoms with Crippen LogP contribution in [0, 0.1) is 0 Å². The zero-order valence-corrected chi connectivity index (χ0v) is 13.4. The molecule has 3 N–H and O–H groups in total. The van der Waals surface area contributed by atoms with Crippen LogP contribution in [-0.2, 0) is 10.0 Å². The summed E-state index contributed by atoms with van der Waals surface area (Å²) in [5, 5.41) is 0. The van der Waals surface area contributed by atoms with Gasteiger partial charge in [-0.15, -0.1) is 0 Å². The molecular weight excluding hydrogens is 288 g/mol. The summed E-state index contributed by atoms with van der Waals surface area (Å²) in [6.07, 6.45) is 2.20. The lowest BCUT2D eigenvalue weighted by Crippen LogP contribution is -2.41. The molecule has 0 aliphatic carbocycles. The number of benzene rings is 1. The Bertz CT molecular complexity index is 559. The Kier molecular flexibility index (Phi) is 5.21. The van der Waals surface area contributed by atoms with E-state index in [4.69, 9.17) is 5.84 Å². The zero-order chi connectivity index (χ0) is 15.5. The summed E-state index contributed by atoms with van der Waals surface area (Å²) in [7, 11) is -1.80. The first-order valence-electron chi connectivity index (χ1n) is 7.26. The maximum atomic E-state index is 12.6. The molecule has 1 aromatic carbocycles. The second-order valence-corrected chi connectivity index (χ2v) is 7.42. The quantitative estimate of drug-likeness (QED) is 0.607. The van der Waals surface area contributed by atoms with Crippen LogP contribution in [0.25, 0.3) is 0 Å². The normalized spacial score (nSPS) is 20.1. The minimum atomic E-state index is -3.45. The number of sulfonamides is 1. The predicted molar refractivity (Wildman–Crippen MR) is 84.3 cm³/mol. The highest BCUT2D eigenvalue weighted by Crippen LogP contribution is 2.21. The van der Waals surface area contributed by atoms with Gasteiger partial charge in [0.05, 0.1) is 4.90 Å². The molecule has 0 bridgehead atoms. The van der Waals surface area contributed by atoms with Crippen molar-refractivity contribution in [3.8, 4) is 0 Å². The fourth-order valence-corrected chi connectivity index (χ4v) is 4.02. The van der Waals surface area contributed by atoms with Gasteiger partial charge in [0, 0.05) is 25.3 Å². The molecule has 2 rings (SSSR count). The van der Waals surface area contributed by atoms with Crippen LogP contribution >= 0.6 is 0 Å². The van der Waals surface area contributed by atoms with Crippen LogP contribution in [0.2, 0.25) is 0 Å². The number of likely N-dealkylation sites (tertiary alicyclic amines) is 1. The number of nitrogen functional groups attached to an aromatic ring is 1. The number of rotatable bonds is 6. The molecule has 0 spiro atoms. The van der Waals surface area contributed by atoms with Crippen LogP contribution < -0.4 is 11.3 Å². The van der Waals surface area contributed by atoms with Crippen molar-refractivity contribution in [2.24, 2.45) is 5.84 Å². The summed E-state index contributed by atoms with van der Waals surface area (Å²) >= 11 is 0. The van der Waals surface area contributed by atoms with E-state index < -0.39 is 10.0 Å². The molecule has 0 amide bonds. The molecule has 118 valence electrons. The Balaban J connectivity index is 2.10. The van der Waals surface area contributed by atoms with Crippen LogP contribution in [-0.4, -0.2) is 50.3 Å². The molecule has 1 unspecified atom stereocenters. The van der Waals surface area contributed by atoms with Crippen molar-refractivity contribution in [3.63, 3.8) is 0 Å². The molecule has 0 radical (unpaired) electrons. The lowest BCUT2D eigenvalue weighted by atomic mass is 10.2. The monoisotopic (exact) mass is 312 g/mol. The Hall–Kier alpha value is -1.15. The average molecular weight is 312 g/mol. The molecule has 1 saturated heterocycles. The minimum Gasteiger partial charge on any atom is -0.324 e. The number of nitrogens with two attached hydrogens (primary N) is 1. The van der Waals surface area contributed by atoms with E-state index in [0.29, 0.717) is 23.2 Å². The summed E-state index contributed by atoms with van der Waals surface area (Å²) in [6, 6.07) is 6.80. The van der Waals surface area contributed by atoms with Crippen molar-refractivity contribution in [1.29, 1.82) is 0 Å². The van der Waals surface area contributed by atoms with Crippen molar-refractivity contribution in [2.45, 2.75) is 30.7 Å². The van der Waals surface area contributed by atoms with Gasteiger partial charge in [0.2, 0.25) is 10.0 Å². The third-order valence-corrected chi connectivity index (χ3v) is 5.94. The molecule has 0 aromatic heterocycles. The standard InChI is InChI=1S/C14H24N4O2S/c1-3-18-10-4-5-13(18)11-17(2)21(19,20)14-8-6-12(16-15)7-9-14/h6-9,13,16H,3-5,10-11,15H2,1-2H3. The van der Waals surface area contributed by atoms with Crippen LogP contribution in [0.5, 0.6) is 0 Å². The first-order valence-corrected chi connectivity index (χ1v) is 8.70. The van der Waals surface area contributed by atoms with Gasteiger partial charge in [-0.2, -0.15) is 4.31 Å². The van der Waals surface area contributed by atoms with Crippen molar-refractivity contribution in [2.75, 3.05) is 32.1 Å². The van der Waals surface area contributed by atoms with Crippen molar-refractivity contribution in [1.82, 2.24) is 9.21 Å². The number of likely N-dealkylation sites (N-methyl/N-ethyl adjacent to an activating group) is 2. The lowest BCUT2D eigenvalue weighted by Gasteiger charge is -2.27. The van der Waals surface area contributed by atoms with Crippen LogP contribution in [0.15, 0.2) is 29.2 Å². The zero-order valence-electron chi connectivity index (χ0n) is 12.6. The van der Waals surface area contributed by atoms with E-state index in [-0.39, 0.29) is 0 Å². The van der Waals surface area contributed by atoms with Gasteiger partial charge in [-0.25, -0.2) is 8.42 Å². The number of anilines is 1. The molecule has 7 heteroatoms. The second kappa shape index (κ2) is 6.74. The summed E-state index contributed by atoms with van der Waals surface area (Å²) in [5.41, 5.74) is 3.18. The van der Waals surface area contributed by atoms with Gasteiger partial charge in [0.1, 0.15) is 0 Å². The fourth-order valence-electron chi connectivity index (χ4n) is 2.82. The van der Waals surface area contributed by atoms with Crippen LogP contribution in [0.3, 0.4) is 0 Å². The first kappa shape index (κ1) is 16.2. The van der Waals surface area contributed by atoms with E-state index in [1.807, 2.05) is 0 Å². The van der Waals surface area contributed by atoms with Gasteiger partial charge in [-0.1, -0.05) is 6.92 Å². The topological polar surface area (TPSA) is 78.7 Å². The molecule has 1 heterocycles. The number of nitrogens with zero attached hydrogens (tertiary/aromatic N) is 2. The summed E-state index contributed by atoms with van der Waals surface area (Å²) in [4.78, 5) is 2.64. The Morgan fingerprint density at radius 3 is 2.62 bits per heavy atom. The van der Waals surface area contributed by atoms with E-state index in [0.717, 1.165) is 25.9 Å². The van der Waals surface area contributed by atoms with Gasteiger partial charge in [-0.05, 0) is 50.2 Å². The molecule has 1 atom stereocenters. The highest BCUT2D eigenvalue weighted by atomic mass is 32.2. The average Bonchev–Trinajstić information content (AvgIpc) is 2.94. The van der Waals surface area contributed by atoms with E-state index in [9.17, 15) is 8.42 Å². The number of hydrogen-bond acceptors (Lipinski definition) is 5. The van der Waals surface area contributed by atoms with E-state index in [1.54, 1.807) is 31.3 Å². The second-order valence-electron chi connectivity index (χ2n) is 5.38. The maximum absolute atomic E-state index is 12.6. The Labute approximate surface area is 126 Å². The number of nitrogens with one attached hydrogen (secondary N) is 1. The van der Waals surface area contributed by atoms with E-state index in [1.165, 1.54) is 4.31 Å². The molecule has 21 heavy (non-hydrogen) atoms. The molecule has 1 aromatic rings. The minimum absolute atomic E-state index is 0.296. The van der Waals surface area contributed by atoms with Crippen molar-refractivity contribution >= 4 is 15.7 Å². The molecule has 0 saturated carbocycles. The Morgan fingerprint density at radius 1 is 1.38 bits per heavy atom. The van der Waals surface area contributed by atoms with Crippen molar-refractivity contribution < 1.29 is 8.42 Å². The summed E-state index contributed by atoms with van der Waals surface area (Å²) in [5.74, 6) is 5.29. The smallest absolute Gasteiger partial charge is 0.242 e. The molecule has 1 fully saturated rings. The van der Waals surface area contributed by atoms with Crippen LogP contribution in [0.1, 0.15) is 19.8 Å². The molecule has 1 aliphatic heterocycles. The maximum Gasteiger partial charge on any atom is 0.242 e. The van der Waals surface area contributed by atoms with Gasteiger partial charge in [-0.3, -0.25) is 10.7 Å². The van der Waals surface area contributed by atoms with Gasteiger partial charge in [0.15, 0.2) is 0 Å². The summed E-state index contributed by atoms with van der Waals surface area (Å²) < 4.78 is 26.6. The fraction of sp³-hybridized carbons (Fsp3) is 0.571. The van der Waals surface area contributed by atoms with E-state index >= 15 is 0 Å². The first-order chi connectivity index (χ1) is 9.98. The Morgan fingerprint density at radius 2 is 2.05 bits per heavy atom. The van der Waals surface area contributed by atoms with Crippen LogP contribution in [0.4, 0.5) is 5.69 Å². The van der Waals surface area contributed by atoms with Gasteiger partial charge >= 0.3 is 0 Å². The molecule has 1 aliphatic rings. The number of hydrogen-bond donors (Lipinski definition) is 2. The lowest BCUT2D eigenvalue weighted by molar-refractivity contribution is 0.237. The number of hydrazine groups is 1. The van der Waals surface area contributed by atoms with E-state index in [2.05, 4.69) is 17.2 Å². The van der Waals surface area contributed by atoms with Gasteiger partial charge in [0.25, 0.3) is 0 Å². The van der Waals surface area contributed by atoms with Crippen molar-refractivity contribution in [3.05, 3.63) is 24.3 Å². The molecule has 6 nitrogen and oxygen atoms in total. The highest BCUT2D eigenvalue weighted by Gasteiger charge is 2.29. The van der Waals surface area contributed by atoms with Gasteiger partial charge < -0.3 is 5.43 Å². The molecular formula is C14H24N4O2S. The summed E-state index contributed by atoms with van der Waals surface area (Å²) in [6.45, 7) is 4.68. The third kappa shape index (κ3) is 3.55. The largest absolute Gasteiger partial charge is 0.324 e. The predicted octanol–water partition coefficient (Wildman–Crippen LogP) is 1.08. The highest BCUT2D eigenvalue weighted by molar-refractivity contribution is 7.89.